The van der Waals surface area contributed by atoms with E-state index >= 15 is 0 Å². The Labute approximate surface area is 148 Å². The van der Waals surface area contributed by atoms with Crippen molar-refractivity contribution in [1.82, 2.24) is 4.90 Å². The first-order valence-electron chi connectivity index (χ1n) is 8.28. The Morgan fingerprint density at radius 2 is 1.88 bits per heavy atom. The van der Waals surface area contributed by atoms with Crippen LogP contribution in [-0.2, 0) is 16.6 Å². The van der Waals surface area contributed by atoms with Crippen LogP contribution >= 0.6 is 0 Å². The average molecular weight is 358 g/mol. The van der Waals surface area contributed by atoms with Crippen molar-refractivity contribution in [1.29, 1.82) is 0 Å². The second kappa shape index (κ2) is 6.88. The lowest BCUT2D eigenvalue weighted by molar-refractivity contribution is 0.0785. The highest BCUT2D eigenvalue weighted by molar-refractivity contribution is 7.93. The molecule has 0 radical (unpaired) electrons. The Balaban J connectivity index is 1.78. The largest absolute Gasteiger partial charge is 0.337 e. The van der Waals surface area contributed by atoms with Crippen LogP contribution in [0.5, 0.6) is 0 Å². The van der Waals surface area contributed by atoms with Gasteiger partial charge in [-0.15, -0.1) is 0 Å². The molecule has 132 valence electrons. The average Bonchev–Trinajstić information content (AvgIpc) is 2.95. The van der Waals surface area contributed by atoms with Crippen molar-refractivity contribution in [3.8, 4) is 0 Å². The number of sulfonamides is 1. The van der Waals surface area contributed by atoms with Crippen molar-refractivity contribution < 1.29 is 13.2 Å². The SMILES string of the molecule is Cc1ccc(CN(C)C(=O)c2cccc(N3CCCS3(=O)=O)c2)cc1. The van der Waals surface area contributed by atoms with Crippen LogP contribution in [0.4, 0.5) is 5.69 Å². The highest BCUT2D eigenvalue weighted by atomic mass is 32.2. The number of hydrogen-bond donors (Lipinski definition) is 0. The second-order valence-corrected chi connectivity index (χ2v) is 8.45. The second-order valence-electron chi connectivity index (χ2n) is 6.44. The summed E-state index contributed by atoms with van der Waals surface area (Å²) in [6, 6.07) is 14.9. The van der Waals surface area contributed by atoms with Gasteiger partial charge in [-0.1, -0.05) is 35.9 Å². The maximum absolute atomic E-state index is 12.7. The van der Waals surface area contributed by atoms with Crippen molar-refractivity contribution in [2.24, 2.45) is 0 Å². The predicted molar refractivity (Wildman–Crippen MR) is 99.2 cm³/mol. The fraction of sp³-hybridized carbons (Fsp3) is 0.316. The normalized spacial score (nSPS) is 16.0. The summed E-state index contributed by atoms with van der Waals surface area (Å²) in [6.07, 6.45) is 0.619. The van der Waals surface area contributed by atoms with E-state index in [1.54, 1.807) is 36.2 Å². The molecule has 1 fully saturated rings. The van der Waals surface area contributed by atoms with E-state index in [2.05, 4.69) is 0 Å². The molecule has 5 nitrogen and oxygen atoms in total. The zero-order chi connectivity index (χ0) is 18.0. The van der Waals surface area contributed by atoms with Gasteiger partial charge in [0, 0.05) is 25.7 Å². The molecule has 2 aromatic rings. The predicted octanol–water partition coefficient (Wildman–Crippen LogP) is 2.81. The molecular formula is C19H22N2O3S. The van der Waals surface area contributed by atoms with Crippen LogP contribution in [0.2, 0.25) is 0 Å². The van der Waals surface area contributed by atoms with Crippen molar-refractivity contribution in [2.45, 2.75) is 19.9 Å². The maximum atomic E-state index is 12.7. The van der Waals surface area contributed by atoms with Gasteiger partial charge >= 0.3 is 0 Å². The van der Waals surface area contributed by atoms with Crippen LogP contribution < -0.4 is 4.31 Å². The fourth-order valence-corrected chi connectivity index (χ4v) is 4.54. The molecule has 1 aliphatic heterocycles. The molecule has 0 spiro atoms. The molecule has 25 heavy (non-hydrogen) atoms. The van der Waals surface area contributed by atoms with E-state index in [0.717, 1.165) is 5.56 Å². The third-order valence-electron chi connectivity index (χ3n) is 4.37. The van der Waals surface area contributed by atoms with Gasteiger partial charge in [0.2, 0.25) is 10.0 Å². The molecule has 0 saturated carbocycles. The van der Waals surface area contributed by atoms with Crippen LogP contribution in [-0.4, -0.2) is 38.6 Å². The molecule has 0 unspecified atom stereocenters. The molecule has 6 heteroatoms. The molecule has 0 bridgehead atoms. The van der Waals surface area contributed by atoms with Gasteiger partial charge in [-0.25, -0.2) is 8.42 Å². The Morgan fingerprint density at radius 3 is 2.52 bits per heavy atom. The van der Waals surface area contributed by atoms with Crippen molar-refractivity contribution in [3.63, 3.8) is 0 Å². The standard InChI is InChI=1S/C19H22N2O3S/c1-15-7-9-16(10-8-15)14-20(2)19(22)17-5-3-6-18(13-17)21-11-4-12-25(21,23)24/h3,5-10,13H,4,11-12,14H2,1-2H3. The zero-order valence-corrected chi connectivity index (χ0v) is 15.3. The Bertz CT molecular complexity index is 876. The molecule has 2 aromatic carbocycles. The van der Waals surface area contributed by atoms with Crippen molar-refractivity contribution in [3.05, 3.63) is 65.2 Å². The number of anilines is 1. The summed E-state index contributed by atoms with van der Waals surface area (Å²) < 4.78 is 25.5. The fourth-order valence-electron chi connectivity index (χ4n) is 2.98. The minimum atomic E-state index is -3.25. The molecule has 3 rings (SSSR count). The number of carbonyl (C=O) groups excluding carboxylic acids is 1. The van der Waals surface area contributed by atoms with Crippen molar-refractivity contribution in [2.75, 3.05) is 23.7 Å². The van der Waals surface area contributed by atoms with Gasteiger partial charge in [0.25, 0.3) is 5.91 Å². The topological polar surface area (TPSA) is 57.7 Å². The summed E-state index contributed by atoms with van der Waals surface area (Å²) in [4.78, 5) is 14.3. The number of hydrogen-bond acceptors (Lipinski definition) is 3. The summed E-state index contributed by atoms with van der Waals surface area (Å²) in [5.74, 6) is 0.0393. The molecule has 0 aromatic heterocycles. The van der Waals surface area contributed by atoms with Crippen LogP contribution in [0.1, 0.15) is 27.9 Å². The molecule has 0 N–H and O–H groups in total. The number of carbonyl (C=O) groups is 1. The van der Waals surface area contributed by atoms with E-state index < -0.39 is 10.0 Å². The van der Waals surface area contributed by atoms with Crippen LogP contribution in [0.3, 0.4) is 0 Å². The van der Waals surface area contributed by atoms with Crippen LogP contribution in [0.15, 0.2) is 48.5 Å². The molecule has 0 atom stereocenters. The van der Waals surface area contributed by atoms with Gasteiger partial charge in [0.05, 0.1) is 11.4 Å². The van der Waals surface area contributed by atoms with Crippen LogP contribution in [0, 0.1) is 6.92 Å². The van der Waals surface area contributed by atoms with Gasteiger partial charge in [0.1, 0.15) is 0 Å². The van der Waals surface area contributed by atoms with E-state index in [4.69, 9.17) is 0 Å². The third-order valence-corrected chi connectivity index (χ3v) is 6.24. The third kappa shape index (κ3) is 3.85. The van der Waals surface area contributed by atoms with E-state index in [0.29, 0.717) is 30.8 Å². The first-order chi connectivity index (χ1) is 11.9. The molecule has 1 aliphatic rings. The molecule has 1 saturated heterocycles. The highest BCUT2D eigenvalue weighted by Gasteiger charge is 2.28. The van der Waals surface area contributed by atoms with Crippen LogP contribution in [0.25, 0.3) is 0 Å². The number of benzene rings is 2. The summed E-state index contributed by atoms with van der Waals surface area (Å²) in [7, 11) is -1.50. The van der Waals surface area contributed by atoms with Crippen molar-refractivity contribution >= 4 is 21.6 Å². The molecule has 1 heterocycles. The number of amides is 1. The lowest BCUT2D eigenvalue weighted by atomic mass is 10.1. The molecular weight excluding hydrogens is 336 g/mol. The Kier molecular flexibility index (Phi) is 4.81. The number of nitrogens with zero attached hydrogens (tertiary/aromatic N) is 2. The first kappa shape index (κ1) is 17.5. The van der Waals surface area contributed by atoms with E-state index in [1.807, 2.05) is 31.2 Å². The van der Waals surface area contributed by atoms with Gasteiger partial charge < -0.3 is 4.90 Å². The number of aryl methyl sites for hydroxylation is 1. The quantitative estimate of drug-likeness (QED) is 0.844. The summed E-state index contributed by atoms with van der Waals surface area (Å²) in [5, 5.41) is 0. The maximum Gasteiger partial charge on any atom is 0.253 e. The molecule has 0 aliphatic carbocycles. The van der Waals surface area contributed by atoms with Gasteiger partial charge in [0.15, 0.2) is 0 Å². The number of rotatable bonds is 4. The minimum Gasteiger partial charge on any atom is -0.337 e. The van der Waals surface area contributed by atoms with E-state index in [9.17, 15) is 13.2 Å². The van der Waals surface area contributed by atoms with E-state index in [-0.39, 0.29) is 11.7 Å². The summed E-state index contributed by atoms with van der Waals surface area (Å²) in [5.41, 5.74) is 3.29. The summed E-state index contributed by atoms with van der Waals surface area (Å²) >= 11 is 0. The van der Waals surface area contributed by atoms with Gasteiger partial charge in [-0.05, 0) is 37.1 Å². The smallest absolute Gasteiger partial charge is 0.253 e. The van der Waals surface area contributed by atoms with E-state index in [1.165, 1.54) is 9.87 Å². The zero-order valence-electron chi connectivity index (χ0n) is 14.5. The summed E-state index contributed by atoms with van der Waals surface area (Å²) in [6.45, 7) is 3.00. The van der Waals surface area contributed by atoms with Gasteiger partial charge in [-0.3, -0.25) is 9.10 Å². The lowest BCUT2D eigenvalue weighted by Crippen LogP contribution is -2.28. The minimum absolute atomic E-state index is 0.126. The highest BCUT2D eigenvalue weighted by Crippen LogP contribution is 2.25. The first-order valence-corrected chi connectivity index (χ1v) is 9.89. The Morgan fingerprint density at radius 1 is 1.16 bits per heavy atom. The van der Waals surface area contributed by atoms with Gasteiger partial charge in [-0.2, -0.15) is 0 Å². The molecule has 1 amide bonds. The Hall–Kier alpha value is -2.34. The lowest BCUT2D eigenvalue weighted by Gasteiger charge is -2.20. The monoisotopic (exact) mass is 358 g/mol.